The minimum absolute atomic E-state index is 0.0721. The van der Waals surface area contributed by atoms with Gasteiger partial charge in [-0.05, 0) is 78.1 Å². The second kappa shape index (κ2) is 12.9. The number of halogens is 7. The second-order valence-corrected chi connectivity index (χ2v) is 10.1. The van der Waals surface area contributed by atoms with Crippen molar-refractivity contribution in [3.05, 3.63) is 125 Å². The summed E-state index contributed by atoms with van der Waals surface area (Å²) in [4.78, 5) is 8.41. The average molecular weight is 611 g/mol. The van der Waals surface area contributed by atoms with Crippen LogP contribution in [0.25, 0.3) is 33.6 Å². The van der Waals surface area contributed by atoms with Gasteiger partial charge in [0.2, 0.25) is 0 Å². The molecule has 1 aromatic heterocycles. The van der Waals surface area contributed by atoms with E-state index in [1.165, 1.54) is 18.2 Å². The van der Waals surface area contributed by atoms with E-state index in [0.717, 1.165) is 79.8 Å². The van der Waals surface area contributed by atoms with Gasteiger partial charge in [-0.3, -0.25) is 0 Å². The molecule has 4 aromatic carbocycles. The van der Waals surface area contributed by atoms with Crippen molar-refractivity contribution in [3.8, 4) is 39.4 Å². The van der Waals surface area contributed by atoms with E-state index in [1.54, 1.807) is 12.4 Å². The maximum absolute atomic E-state index is 15.0. The fraction of sp³-hybridized carbons (Fsp3) is 0.176. The Kier molecular flexibility index (Phi) is 8.98. The Labute approximate surface area is 249 Å². The van der Waals surface area contributed by atoms with E-state index in [2.05, 4.69) is 21.6 Å². The first-order chi connectivity index (χ1) is 21.1. The Bertz CT molecular complexity index is 1750. The smallest absolute Gasteiger partial charge is 0.429 e. The lowest BCUT2D eigenvalue weighted by molar-refractivity contribution is -0.187. The molecule has 5 rings (SSSR count). The van der Waals surface area contributed by atoms with Crippen molar-refractivity contribution in [1.29, 1.82) is 0 Å². The zero-order valence-corrected chi connectivity index (χ0v) is 23.4. The average Bonchev–Trinajstić information content (AvgIpc) is 2.98. The van der Waals surface area contributed by atoms with Crippen LogP contribution in [0.2, 0.25) is 0 Å². The third-order valence-corrected chi connectivity index (χ3v) is 6.99. The molecule has 5 aromatic rings. The molecule has 0 unspecified atom stereocenters. The van der Waals surface area contributed by atoms with Crippen LogP contribution >= 0.6 is 0 Å². The van der Waals surface area contributed by atoms with Gasteiger partial charge in [0.1, 0.15) is 34.8 Å². The highest BCUT2D eigenvalue weighted by molar-refractivity contribution is 5.72. The fourth-order valence-corrected chi connectivity index (χ4v) is 4.72. The van der Waals surface area contributed by atoms with E-state index < -0.39 is 52.1 Å². The van der Waals surface area contributed by atoms with Crippen molar-refractivity contribution in [2.45, 2.75) is 38.7 Å². The zero-order valence-electron chi connectivity index (χ0n) is 23.4. The lowest BCUT2D eigenvalue weighted by atomic mass is 9.98. The summed E-state index contributed by atoms with van der Waals surface area (Å²) in [5.74, 6) is -5.55. The first-order valence-corrected chi connectivity index (χ1v) is 13.8. The Hall–Kier alpha value is -4.73. The molecule has 0 radical (unpaired) electrons. The number of hydrogen-bond acceptors (Lipinski definition) is 3. The summed E-state index contributed by atoms with van der Waals surface area (Å²) in [5, 5.41) is 0. The van der Waals surface area contributed by atoms with Crippen LogP contribution in [0.1, 0.15) is 37.3 Å². The van der Waals surface area contributed by atoms with Crippen molar-refractivity contribution in [2.24, 2.45) is 0 Å². The van der Waals surface area contributed by atoms with Gasteiger partial charge in [-0.1, -0.05) is 38.0 Å². The van der Waals surface area contributed by atoms with Crippen molar-refractivity contribution in [1.82, 2.24) is 9.97 Å². The predicted molar refractivity (Wildman–Crippen MR) is 152 cm³/mol. The number of unbranched alkanes of at least 4 members (excludes halogenated alkanes) is 2. The van der Waals surface area contributed by atoms with Crippen LogP contribution in [0.5, 0.6) is 5.75 Å². The molecule has 0 bridgehead atoms. The van der Waals surface area contributed by atoms with Gasteiger partial charge >= 0.3 is 6.11 Å². The SMILES string of the molecule is CCCCCc1cnc(-c2ccc(C(F)(F)Oc3ccc(-c4cc(F)c(-c5ccc(F)cc5)c(F)c4)c(F)c3)c(F)c2)nc1. The Morgan fingerprint density at radius 1 is 0.659 bits per heavy atom. The highest BCUT2D eigenvalue weighted by Crippen LogP contribution is 2.37. The number of rotatable bonds is 10. The maximum atomic E-state index is 15.0. The van der Waals surface area contributed by atoms with E-state index >= 15 is 0 Å². The number of alkyl halides is 2. The molecule has 0 saturated heterocycles. The van der Waals surface area contributed by atoms with Gasteiger partial charge in [0.25, 0.3) is 0 Å². The van der Waals surface area contributed by atoms with E-state index in [9.17, 15) is 30.7 Å². The van der Waals surface area contributed by atoms with Gasteiger partial charge in [-0.2, -0.15) is 8.78 Å². The molecule has 0 amide bonds. The summed E-state index contributed by atoms with van der Waals surface area (Å²) in [6.45, 7) is 2.09. The standard InChI is InChI=1S/C34H25F7N2O/c1-2-3-4-5-20-18-42-33(43-19-20)22-8-13-27(29(37)14-22)34(40,41)44-25-11-12-26(28(36)17-25)23-15-30(38)32(31(39)16-23)21-6-9-24(35)10-7-21/h6-19H,2-5H2,1H3. The summed E-state index contributed by atoms with van der Waals surface area (Å²) in [6, 6.07) is 11.7. The van der Waals surface area contributed by atoms with Crippen LogP contribution in [-0.4, -0.2) is 9.97 Å². The molecule has 0 saturated carbocycles. The lowest BCUT2D eigenvalue weighted by Gasteiger charge is -2.19. The Balaban J connectivity index is 1.33. The Morgan fingerprint density at radius 2 is 1.30 bits per heavy atom. The molecule has 0 atom stereocenters. The maximum Gasteiger partial charge on any atom is 0.429 e. The van der Waals surface area contributed by atoms with Crippen molar-refractivity contribution < 1.29 is 35.5 Å². The molecule has 0 aliphatic rings. The third kappa shape index (κ3) is 6.74. The van der Waals surface area contributed by atoms with Gasteiger partial charge in [0.05, 0.1) is 11.1 Å². The molecule has 1 heterocycles. The van der Waals surface area contributed by atoms with Crippen LogP contribution in [0.3, 0.4) is 0 Å². The number of nitrogens with zero attached hydrogens (tertiary/aromatic N) is 2. The topological polar surface area (TPSA) is 35.0 Å². The minimum atomic E-state index is -4.20. The predicted octanol–water partition coefficient (Wildman–Crippen LogP) is 10.0. The van der Waals surface area contributed by atoms with E-state index in [-0.39, 0.29) is 28.1 Å². The molecule has 0 N–H and O–H groups in total. The van der Waals surface area contributed by atoms with E-state index in [1.807, 2.05) is 0 Å². The molecule has 0 spiro atoms. The molecular weight excluding hydrogens is 585 g/mol. The Morgan fingerprint density at radius 3 is 1.91 bits per heavy atom. The van der Waals surface area contributed by atoms with Crippen molar-refractivity contribution in [3.63, 3.8) is 0 Å². The van der Waals surface area contributed by atoms with Gasteiger partial charge in [-0.15, -0.1) is 0 Å². The summed E-state index contributed by atoms with van der Waals surface area (Å²) >= 11 is 0. The molecule has 44 heavy (non-hydrogen) atoms. The summed E-state index contributed by atoms with van der Waals surface area (Å²) in [5.41, 5.74) is -0.870. The largest absolute Gasteiger partial charge is 0.429 e. The third-order valence-electron chi connectivity index (χ3n) is 6.99. The highest BCUT2D eigenvalue weighted by Gasteiger charge is 2.38. The molecule has 10 heteroatoms. The molecule has 226 valence electrons. The van der Waals surface area contributed by atoms with Crippen LogP contribution in [0, 0.1) is 29.1 Å². The summed E-state index contributed by atoms with van der Waals surface area (Å²) in [6.07, 6.45) is 2.93. The van der Waals surface area contributed by atoms with Gasteiger partial charge in [0, 0.05) is 29.6 Å². The lowest BCUT2D eigenvalue weighted by Crippen LogP contribution is -2.23. The molecular formula is C34H25F7N2O. The zero-order chi connectivity index (χ0) is 31.4. The van der Waals surface area contributed by atoms with Crippen LogP contribution < -0.4 is 4.74 Å². The number of ether oxygens (including phenoxy) is 1. The van der Waals surface area contributed by atoms with E-state index in [0.29, 0.717) is 6.07 Å². The monoisotopic (exact) mass is 610 g/mol. The van der Waals surface area contributed by atoms with Gasteiger partial charge < -0.3 is 4.74 Å². The first-order valence-electron chi connectivity index (χ1n) is 13.8. The van der Waals surface area contributed by atoms with E-state index in [4.69, 9.17) is 0 Å². The second-order valence-electron chi connectivity index (χ2n) is 10.1. The number of hydrogen-bond donors (Lipinski definition) is 0. The van der Waals surface area contributed by atoms with Gasteiger partial charge in [0.15, 0.2) is 5.82 Å². The number of benzene rings is 4. The quantitative estimate of drug-likeness (QED) is 0.117. The van der Waals surface area contributed by atoms with Crippen LogP contribution in [0.15, 0.2) is 85.2 Å². The normalized spacial score (nSPS) is 11.5. The molecule has 0 aliphatic heterocycles. The first kappa shape index (κ1) is 30.7. The van der Waals surface area contributed by atoms with Crippen molar-refractivity contribution in [2.75, 3.05) is 0 Å². The fourth-order valence-electron chi connectivity index (χ4n) is 4.72. The molecule has 0 aliphatic carbocycles. The molecule has 3 nitrogen and oxygen atoms in total. The highest BCUT2D eigenvalue weighted by atomic mass is 19.3. The summed E-state index contributed by atoms with van der Waals surface area (Å²) in [7, 11) is 0. The van der Waals surface area contributed by atoms with Crippen LogP contribution in [-0.2, 0) is 12.5 Å². The van der Waals surface area contributed by atoms with Crippen LogP contribution in [0.4, 0.5) is 30.7 Å². The van der Waals surface area contributed by atoms with Crippen molar-refractivity contribution >= 4 is 0 Å². The number of aryl methyl sites for hydroxylation is 1. The number of aromatic nitrogens is 2. The van der Waals surface area contributed by atoms with Gasteiger partial charge in [-0.25, -0.2) is 31.9 Å². The minimum Gasteiger partial charge on any atom is -0.429 e. The summed E-state index contributed by atoms with van der Waals surface area (Å²) < 4.78 is 107. The molecule has 0 fully saturated rings.